The van der Waals surface area contributed by atoms with E-state index in [1.165, 1.54) is 6.92 Å². The Morgan fingerprint density at radius 3 is 2.95 bits per heavy atom. The number of aliphatic carboxylic acids is 1. The number of aromatic amines is 1. The third-order valence-electron chi connectivity index (χ3n) is 2.32. The van der Waals surface area contributed by atoms with Gasteiger partial charge in [-0.05, 0) is 12.1 Å². The second-order valence-electron chi connectivity index (χ2n) is 3.87. The average Bonchev–Trinajstić information content (AvgIpc) is 2.75. The summed E-state index contributed by atoms with van der Waals surface area (Å²) < 4.78 is 1.08. The number of rotatable bonds is 5. The van der Waals surface area contributed by atoms with Crippen LogP contribution in [0.25, 0.3) is 5.65 Å². The van der Waals surface area contributed by atoms with Crippen LogP contribution in [0.5, 0.6) is 0 Å². The van der Waals surface area contributed by atoms with Gasteiger partial charge in [-0.2, -0.15) is 14.7 Å². The standard InChI is InChI=1S/C10H11N5O4S/c1-5(16)11-6(9(17)18)4-20-8-3-2-7-12-13-10(19)15(7)14-8/h2-3,6H,4H2,1H3,(H,11,16)(H,13,19)(H,17,18)/t6-/m0/s1. The maximum atomic E-state index is 11.3. The van der Waals surface area contributed by atoms with Crippen molar-refractivity contribution in [1.29, 1.82) is 0 Å². The fourth-order valence-electron chi connectivity index (χ4n) is 1.45. The van der Waals surface area contributed by atoms with Gasteiger partial charge >= 0.3 is 11.7 Å². The van der Waals surface area contributed by atoms with E-state index in [0.717, 1.165) is 16.3 Å². The molecule has 9 nitrogen and oxygen atoms in total. The van der Waals surface area contributed by atoms with Crippen LogP contribution < -0.4 is 11.0 Å². The SMILES string of the molecule is CC(=O)N[C@@H](CSc1ccc2n[nH]c(=O)n2n1)C(=O)O. The van der Waals surface area contributed by atoms with Crippen LogP contribution in [0.15, 0.2) is 22.0 Å². The van der Waals surface area contributed by atoms with Crippen LogP contribution in [-0.2, 0) is 9.59 Å². The largest absolute Gasteiger partial charge is 0.480 e. The first-order valence-electron chi connectivity index (χ1n) is 5.54. The van der Waals surface area contributed by atoms with Crippen LogP contribution in [0.4, 0.5) is 0 Å². The van der Waals surface area contributed by atoms with E-state index >= 15 is 0 Å². The number of hydrogen-bond donors (Lipinski definition) is 3. The molecule has 0 fully saturated rings. The highest BCUT2D eigenvalue weighted by Crippen LogP contribution is 2.15. The van der Waals surface area contributed by atoms with E-state index in [9.17, 15) is 14.4 Å². The number of H-pyrrole nitrogens is 1. The van der Waals surface area contributed by atoms with Crippen molar-refractivity contribution in [2.24, 2.45) is 0 Å². The molecule has 0 saturated heterocycles. The van der Waals surface area contributed by atoms with Crippen molar-refractivity contribution in [2.45, 2.75) is 18.0 Å². The minimum absolute atomic E-state index is 0.0972. The Bertz CT molecular complexity index is 709. The summed E-state index contributed by atoms with van der Waals surface area (Å²) in [5, 5.41) is 21.7. The van der Waals surface area contributed by atoms with Gasteiger partial charge in [-0.25, -0.2) is 14.7 Å². The molecule has 2 aromatic heterocycles. The van der Waals surface area contributed by atoms with Crippen LogP contribution >= 0.6 is 11.8 Å². The molecule has 0 aliphatic rings. The highest BCUT2D eigenvalue weighted by atomic mass is 32.2. The van der Waals surface area contributed by atoms with Crippen LogP contribution in [0.1, 0.15) is 6.92 Å². The minimum atomic E-state index is -1.13. The first kappa shape index (κ1) is 14.1. The number of hydrogen-bond acceptors (Lipinski definition) is 6. The van der Waals surface area contributed by atoms with E-state index in [4.69, 9.17) is 5.11 Å². The molecular weight excluding hydrogens is 286 g/mol. The Labute approximate surface area is 116 Å². The van der Waals surface area contributed by atoms with Gasteiger partial charge in [-0.15, -0.1) is 11.8 Å². The third kappa shape index (κ3) is 3.15. The molecule has 3 N–H and O–H groups in total. The summed E-state index contributed by atoms with van der Waals surface area (Å²) in [7, 11) is 0. The smallest absolute Gasteiger partial charge is 0.364 e. The first-order valence-corrected chi connectivity index (χ1v) is 6.53. The number of fused-ring (bicyclic) bond motifs is 1. The molecule has 106 valence electrons. The predicted octanol–water partition coefficient (Wildman–Crippen LogP) is -0.901. The maximum absolute atomic E-state index is 11.3. The Hall–Kier alpha value is -2.36. The van der Waals surface area contributed by atoms with E-state index in [2.05, 4.69) is 20.6 Å². The highest BCUT2D eigenvalue weighted by Gasteiger charge is 2.19. The lowest BCUT2D eigenvalue weighted by Crippen LogP contribution is -2.41. The van der Waals surface area contributed by atoms with Gasteiger partial charge in [-0.3, -0.25) is 4.79 Å². The molecular formula is C10H11N5O4S. The van der Waals surface area contributed by atoms with Crippen molar-refractivity contribution in [1.82, 2.24) is 25.1 Å². The number of carboxylic acid groups (broad SMARTS) is 1. The Morgan fingerprint density at radius 1 is 1.55 bits per heavy atom. The Balaban J connectivity index is 2.11. The molecule has 0 spiro atoms. The fourth-order valence-corrected chi connectivity index (χ4v) is 2.32. The number of carbonyl (C=O) groups excluding carboxylic acids is 1. The second kappa shape index (κ2) is 5.74. The molecule has 1 atom stereocenters. The number of nitrogens with one attached hydrogen (secondary N) is 2. The van der Waals surface area contributed by atoms with Gasteiger partial charge in [0.15, 0.2) is 5.65 Å². The van der Waals surface area contributed by atoms with E-state index in [0.29, 0.717) is 10.7 Å². The van der Waals surface area contributed by atoms with E-state index < -0.39 is 23.6 Å². The van der Waals surface area contributed by atoms with Crippen LogP contribution in [0, 0.1) is 0 Å². The lowest BCUT2D eigenvalue weighted by Gasteiger charge is -2.12. The second-order valence-corrected chi connectivity index (χ2v) is 4.91. The fraction of sp³-hybridized carbons (Fsp3) is 0.300. The summed E-state index contributed by atoms with van der Waals surface area (Å²) in [5.41, 5.74) is -0.102. The molecule has 0 aliphatic carbocycles. The molecule has 1 amide bonds. The number of carbonyl (C=O) groups is 2. The van der Waals surface area contributed by atoms with Crippen molar-refractivity contribution < 1.29 is 14.7 Å². The first-order chi connectivity index (χ1) is 9.47. The van der Waals surface area contributed by atoms with Crippen LogP contribution in [0.2, 0.25) is 0 Å². The van der Waals surface area contributed by atoms with Crippen molar-refractivity contribution in [2.75, 3.05) is 5.75 Å². The zero-order chi connectivity index (χ0) is 14.7. The van der Waals surface area contributed by atoms with Crippen molar-refractivity contribution in [3.05, 3.63) is 22.6 Å². The molecule has 0 radical (unpaired) electrons. The van der Waals surface area contributed by atoms with Crippen molar-refractivity contribution in [3.63, 3.8) is 0 Å². The van der Waals surface area contributed by atoms with Gasteiger partial charge < -0.3 is 10.4 Å². The Morgan fingerprint density at radius 2 is 2.30 bits per heavy atom. The summed E-state index contributed by atoms with van der Waals surface area (Å²) >= 11 is 1.12. The molecule has 0 aliphatic heterocycles. The molecule has 20 heavy (non-hydrogen) atoms. The van der Waals surface area contributed by atoms with Crippen LogP contribution in [-0.4, -0.2) is 48.6 Å². The normalized spacial score (nSPS) is 12.2. The van der Waals surface area contributed by atoms with Gasteiger partial charge in [0.05, 0.1) is 0 Å². The lowest BCUT2D eigenvalue weighted by atomic mass is 10.3. The van der Waals surface area contributed by atoms with Gasteiger partial charge in [0.2, 0.25) is 5.91 Å². The summed E-state index contributed by atoms with van der Waals surface area (Å²) in [5.74, 6) is -1.46. The maximum Gasteiger partial charge on any atom is 0.364 e. The molecule has 0 saturated carbocycles. The summed E-state index contributed by atoms with van der Waals surface area (Å²) in [6, 6.07) is 2.19. The Kier molecular flexibility index (Phi) is 4.03. The number of carboxylic acids is 1. The predicted molar refractivity (Wildman–Crippen MR) is 69.6 cm³/mol. The summed E-state index contributed by atoms with van der Waals surface area (Å²) in [4.78, 5) is 33.2. The third-order valence-corrected chi connectivity index (χ3v) is 3.34. The number of nitrogens with zero attached hydrogens (tertiary/aromatic N) is 3. The van der Waals surface area contributed by atoms with Crippen LogP contribution in [0.3, 0.4) is 0 Å². The van der Waals surface area contributed by atoms with E-state index in [1.807, 2.05) is 0 Å². The summed E-state index contributed by atoms with van der Waals surface area (Å²) in [6.45, 7) is 1.25. The monoisotopic (exact) mass is 297 g/mol. The van der Waals surface area contributed by atoms with E-state index in [1.54, 1.807) is 12.1 Å². The lowest BCUT2D eigenvalue weighted by molar-refractivity contribution is -0.140. The summed E-state index contributed by atoms with van der Waals surface area (Å²) in [6.07, 6.45) is 0. The van der Waals surface area contributed by atoms with Crippen molar-refractivity contribution >= 4 is 29.3 Å². The van der Waals surface area contributed by atoms with Gasteiger partial charge in [0.25, 0.3) is 0 Å². The van der Waals surface area contributed by atoms with E-state index in [-0.39, 0.29) is 5.75 Å². The molecule has 0 bridgehead atoms. The molecule has 2 heterocycles. The van der Waals surface area contributed by atoms with Gasteiger partial charge in [0.1, 0.15) is 11.1 Å². The topological polar surface area (TPSA) is 129 Å². The molecule has 10 heteroatoms. The average molecular weight is 297 g/mol. The van der Waals surface area contributed by atoms with Crippen molar-refractivity contribution in [3.8, 4) is 0 Å². The molecule has 2 rings (SSSR count). The number of thioether (sulfide) groups is 1. The van der Waals surface area contributed by atoms with Gasteiger partial charge in [0, 0.05) is 12.7 Å². The highest BCUT2D eigenvalue weighted by molar-refractivity contribution is 7.99. The quantitative estimate of drug-likeness (QED) is 0.610. The minimum Gasteiger partial charge on any atom is -0.480 e. The molecule has 0 unspecified atom stereocenters. The molecule has 2 aromatic rings. The zero-order valence-electron chi connectivity index (χ0n) is 10.4. The number of aromatic nitrogens is 4. The molecule has 0 aromatic carbocycles. The zero-order valence-corrected chi connectivity index (χ0v) is 11.2. The number of amides is 1. The van der Waals surface area contributed by atoms with Gasteiger partial charge in [-0.1, -0.05) is 0 Å².